The van der Waals surface area contributed by atoms with Gasteiger partial charge in [-0.05, 0) is 5.56 Å². The first kappa shape index (κ1) is 16.8. The van der Waals surface area contributed by atoms with Crippen molar-refractivity contribution in [2.45, 2.75) is 19.1 Å². The Kier molecular flexibility index (Phi) is 5.59. The number of amides is 1. The van der Waals surface area contributed by atoms with E-state index in [1.807, 2.05) is 30.3 Å². The highest BCUT2D eigenvalue weighted by molar-refractivity contribution is 6.31. The van der Waals surface area contributed by atoms with E-state index in [9.17, 15) is 9.59 Å². The van der Waals surface area contributed by atoms with E-state index < -0.39 is 18.1 Å². The fourth-order valence-electron chi connectivity index (χ4n) is 2.11. The number of carbonyl (C=O) groups is 2. The number of hydrogen-bond acceptors (Lipinski definition) is 4. The molecular formula is C15H16ClN3O4. The summed E-state index contributed by atoms with van der Waals surface area (Å²) >= 11 is 6.01. The number of hydrogen-bond donors (Lipinski definition) is 2. The van der Waals surface area contributed by atoms with Crippen LogP contribution >= 0.6 is 11.6 Å². The van der Waals surface area contributed by atoms with Crippen molar-refractivity contribution in [1.29, 1.82) is 0 Å². The van der Waals surface area contributed by atoms with Gasteiger partial charge in [0.2, 0.25) is 0 Å². The van der Waals surface area contributed by atoms with Gasteiger partial charge < -0.3 is 15.2 Å². The van der Waals surface area contributed by atoms with E-state index in [4.69, 9.17) is 21.4 Å². The van der Waals surface area contributed by atoms with Crippen molar-refractivity contribution in [3.63, 3.8) is 0 Å². The standard InChI is InChI=1S/C15H16ClN3O4/c1-19-14(11(16)8-17-19)12(7-13(20)21)18-15(22)23-9-10-5-3-2-4-6-10/h2-6,8,12H,7,9H2,1H3,(H,18,22)(H,20,21)/t12-/m0/s1. The Labute approximate surface area is 137 Å². The number of ether oxygens (including phenoxy) is 1. The number of rotatable bonds is 6. The smallest absolute Gasteiger partial charge is 0.408 e. The molecule has 8 heteroatoms. The van der Waals surface area contributed by atoms with Gasteiger partial charge >= 0.3 is 12.1 Å². The van der Waals surface area contributed by atoms with Gasteiger partial charge in [-0.25, -0.2) is 4.79 Å². The molecule has 1 heterocycles. The first-order valence-electron chi connectivity index (χ1n) is 6.83. The molecule has 1 aromatic carbocycles. The van der Waals surface area contributed by atoms with E-state index >= 15 is 0 Å². The number of benzene rings is 1. The number of nitrogens with one attached hydrogen (secondary N) is 1. The highest BCUT2D eigenvalue weighted by atomic mass is 35.5. The van der Waals surface area contributed by atoms with Crippen LogP contribution in [0.5, 0.6) is 0 Å². The van der Waals surface area contributed by atoms with Crippen LogP contribution in [0.2, 0.25) is 5.02 Å². The molecule has 0 radical (unpaired) electrons. The summed E-state index contributed by atoms with van der Waals surface area (Å²) in [4.78, 5) is 23.0. The molecule has 0 unspecified atom stereocenters. The number of carbonyl (C=O) groups excluding carboxylic acids is 1. The minimum Gasteiger partial charge on any atom is -0.481 e. The molecule has 0 bridgehead atoms. The molecule has 0 spiro atoms. The van der Waals surface area contributed by atoms with E-state index in [1.165, 1.54) is 10.9 Å². The Balaban J connectivity index is 2.03. The number of aromatic nitrogens is 2. The molecule has 0 fully saturated rings. The van der Waals surface area contributed by atoms with Crippen LogP contribution in [0.1, 0.15) is 23.7 Å². The lowest BCUT2D eigenvalue weighted by Gasteiger charge is -2.17. The van der Waals surface area contributed by atoms with Crippen LogP contribution in [-0.4, -0.2) is 26.9 Å². The van der Waals surface area contributed by atoms with Crippen molar-refractivity contribution in [3.8, 4) is 0 Å². The topological polar surface area (TPSA) is 93.5 Å². The maximum absolute atomic E-state index is 11.9. The lowest BCUT2D eigenvalue weighted by molar-refractivity contribution is -0.137. The Bertz CT molecular complexity index is 668. The number of carboxylic acid groups (broad SMARTS) is 1. The Morgan fingerprint density at radius 1 is 1.39 bits per heavy atom. The third kappa shape index (κ3) is 4.72. The molecule has 2 rings (SSSR count). The van der Waals surface area contributed by atoms with Crippen molar-refractivity contribution in [2.24, 2.45) is 7.05 Å². The Hall–Kier alpha value is -2.54. The van der Waals surface area contributed by atoms with Gasteiger partial charge in [-0.15, -0.1) is 0 Å². The molecule has 0 aliphatic carbocycles. The van der Waals surface area contributed by atoms with E-state index in [2.05, 4.69) is 10.4 Å². The van der Waals surface area contributed by atoms with E-state index in [1.54, 1.807) is 7.05 Å². The second-order valence-electron chi connectivity index (χ2n) is 4.86. The minimum atomic E-state index is -1.07. The van der Waals surface area contributed by atoms with Gasteiger partial charge in [0.25, 0.3) is 0 Å². The van der Waals surface area contributed by atoms with Crippen LogP contribution in [0.25, 0.3) is 0 Å². The summed E-state index contributed by atoms with van der Waals surface area (Å²) in [6.45, 7) is 0.0889. The van der Waals surface area contributed by atoms with Crippen molar-refractivity contribution < 1.29 is 19.4 Å². The Morgan fingerprint density at radius 2 is 2.09 bits per heavy atom. The summed E-state index contributed by atoms with van der Waals surface area (Å²) in [6, 6.07) is 8.32. The van der Waals surface area contributed by atoms with Gasteiger partial charge in [-0.2, -0.15) is 5.10 Å². The third-order valence-electron chi connectivity index (χ3n) is 3.15. The summed E-state index contributed by atoms with van der Waals surface area (Å²) in [5.74, 6) is -1.07. The predicted octanol–water partition coefficient (Wildman–Crippen LogP) is 2.52. The zero-order valence-electron chi connectivity index (χ0n) is 12.4. The van der Waals surface area contributed by atoms with Crippen LogP contribution < -0.4 is 5.32 Å². The summed E-state index contributed by atoms with van der Waals surface area (Å²) in [7, 11) is 1.62. The van der Waals surface area contributed by atoms with Crippen LogP contribution in [0.15, 0.2) is 36.5 Å². The highest BCUT2D eigenvalue weighted by Gasteiger charge is 2.24. The lowest BCUT2D eigenvalue weighted by Crippen LogP contribution is -2.32. The van der Waals surface area contributed by atoms with Gasteiger partial charge in [0, 0.05) is 7.05 Å². The summed E-state index contributed by atoms with van der Waals surface area (Å²) in [5.41, 5.74) is 1.24. The quantitative estimate of drug-likeness (QED) is 0.844. The minimum absolute atomic E-state index is 0.0889. The molecule has 23 heavy (non-hydrogen) atoms. The largest absolute Gasteiger partial charge is 0.481 e. The Morgan fingerprint density at radius 3 is 2.65 bits per heavy atom. The van der Waals surface area contributed by atoms with E-state index in [0.717, 1.165) is 5.56 Å². The first-order valence-corrected chi connectivity index (χ1v) is 7.21. The van der Waals surface area contributed by atoms with Crippen LogP contribution in [0, 0.1) is 0 Å². The van der Waals surface area contributed by atoms with Gasteiger partial charge in [-0.1, -0.05) is 41.9 Å². The fourth-order valence-corrected chi connectivity index (χ4v) is 2.41. The van der Waals surface area contributed by atoms with Crippen LogP contribution in [0.4, 0.5) is 4.79 Å². The average molecular weight is 338 g/mol. The molecule has 1 amide bonds. The van der Waals surface area contributed by atoms with Crippen molar-refractivity contribution in [2.75, 3.05) is 0 Å². The zero-order valence-corrected chi connectivity index (χ0v) is 13.2. The third-order valence-corrected chi connectivity index (χ3v) is 3.44. The maximum Gasteiger partial charge on any atom is 0.408 e. The lowest BCUT2D eigenvalue weighted by atomic mass is 10.1. The fraction of sp³-hybridized carbons (Fsp3) is 0.267. The number of aliphatic carboxylic acids is 1. The molecule has 1 aromatic heterocycles. The van der Waals surface area contributed by atoms with E-state index in [0.29, 0.717) is 5.69 Å². The SMILES string of the molecule is Cn1ncc(Cl)c1[C@H](CC(=O)O)NC(=O)OCc1ccccc1. The molecular weight excluding hydrogens is 322 g/mol. The average Bonchev–Trinajstić information content (AvgIpc) is 2.84. The molecule has 2 aromatic rings. The van der Waals surface area contributed by atoms with Gasteiger partial charge in [0.1, 0.15) is 6.61 Å². The summed E-state index contributed by atoms with van der Waals surface area (Å²) in [6.07, 6.45) is 0.333. The molecule has 1 atom stereocenters. The molecule has 2 N–H and O–H groups in total. The summed E-state index contributed by atoms with van der Waals surface area (Å²) < 4.78 is 6.53. The van der Waals surface area contributed by atoms with Gasteiger partial charge in [-0.3, -0.25) is 9.48 Å². The number of alkyl carbamates (subject to hydrolysis) is 1. The van der Waals surface area contributed by atoms with Crippen molar-refractivity contribution >= 4 is 23.7 Å². The second kappa shape index (κ2) is 7.64. The normalized spacial score (nSPS) is 11.7. The van der Waals surface area contributed by atoms with E-state index in [-0.39, 0.29) is 18.1 Å². The predicted molar refractivity (Wildman–Crippen MR) is 83.0 cm³/mol. The van der Waals surface area contributed by atoms with Gasteiger partial charge in [0.05, 0.1) is 29.4 Å². The van der Waals surface area contributed by atoms with Crippen molar-refractivity contribution in [1.82, 2.24) is 15.1 Å². The van der Waals surface area contributed by atoms with Crippen LogP contribution in [-0.2, 0) is 23.2 Å². The molecule has 0 aliphatic rings. The van der Waals surface area contributed by atoms with Crippen molar-refractivity contribution in [3.05, 3.63) is 52.8 Å². The summed E-state index contributed by atoms with van der Waals surface area (Å²) in [5, 5.41) is 15.8. The number of nitrogens with zero attached hydrogens (tertiary/aromatic N) is 2. The molecule has 0 saturated heterocycles. The second-order valence-corrected chi connectivity index (χ2v) is 5.27. The number of carboxylic acids is 1. The first-order chi connectivity index (χ1) is 11.0. The number of halogens is 1. The molecule has 7 nitrogen and oxygen atoms in total. The van der Waals surface area contributed by atoms with Gasteiger partial charge in [0.15, 0.2) is 0 Å². The van der Waals surface area contributed by atoms with Crippen LogP contribution in [0.3, 0.4) is 0 Å². The molecule has 122 valence electrons. The monoisotopic (exact) mass is 337 g/mol. The molecule has 0 saturated carbocycles. The molecule has 0 aliphatic heterocycles. The number of aryl methyl sites for hydroxylation is 1. The highest BCUT2D eigenvalue weighted by Crippen LogP contribution is 2.24. The maximum atomic E-state index is 11.9. The zero-order chi connectivity index (χ0) is 16.8.